The molecule has 374 valence electrons. The number of carbonyl (C=O) groups excluding carboxylic acids is 4. The Morgan fingerprint density at radius 3 is 1.60 bits per heavy atom. The summed E-state index contributed by atoms with van der Waals surface area (Å²) in [5.41, 5.74) is 3.19. The lowest BCUT2D eigenvalue weighted by molar-refractivity contribution is 0.0642. The molecule has 2 aliphatic rings. The van der Waals surface area contributed by atoms with Gasteiger partial charge in [-0.3, -0.25) is 24.0 Å². The number of amides is 4. The van der Waals surface area contributed by atoms with Gasteiger partial charge in [0, 0.05) is 75.2 Å². The maximum atomic E-state index is 13.4. The molecular formula is C53H54N12O8. The van der Waals surface area contributed by atoms with Crippen LogP contribution < -0.4 is 31.6 Å². The van der Waals surface area contributed by atoms with Gasteiger partial charge in [0.05, 0.1) is 44.0 Å². The molecule has 2 fully saturated rings. The normalized spacial score (nSPS) is 13.9. The second kappa shape index (κ2) is 23.5. The van der Waals surface area contributed by atoms with E-state index in [0.29, 0.717) is 81.3 Å². The number of aromatic amines is 1. The first-order valence-corrected chi connectivity index (χ1v) is 24.0. The van der Waals surface area contributed by atoms with E-state index in [1.807, 2.05) is 60.7 Å². The quantitative estimate of drug-likeness (QED) is 0.0808. The molecule has 0 spiro atoms. The van der Waals surface area contributed by atoms with Gasteiger partial charge in [0.1, 0.15) is 5.69 Å². The molecule has 0 unspecified atom stereocenters. The van der Waals surface area contributed by atoms with E-state index in [1.165, 1.54) is 19.2 Å². The number of aromatic nitrogens is 8. The van der Waals surface area contributed by atoms with E-state index >= 15 is 0 Å². The Bertz CT molecular complexity index is 3280. The van der Waals surface area contributed by atoms with Crippen molar-refractivity contribution in [3.05, 3.63) is 166 Å². The SMILES string of the molecule is COc1ccc(NC(=O)c2ccc(Cn3ccnn3)c3ccccc23)c(C(=O)NCC2CCOCC2)n1.O=C(NCC1CCOCC1)c1[nH]c(=O)ccc1NC(=O)c1ccc(Cn2ccnn2)c2ccccc12. The van der Waals surface area contributed by atoms with E-state index in [0.717, 1.165) is 58.4 Å². The van der Waals surface area contributed by atoms with Crippen LogP contribution in [0.5, 0.6) is 5.88 Å². The van der Waals surface area contributed by atoms with Gasteiger partial charge in [0.2, 0.25) is 11.4 Å². The third kappa shape index (κ3) is 12.3. The lowest BCUT2D eigenvalue weighted by Gasteiger charge is -2.22. The smallest absolute Gasteiger partial charge is 0.272 e. The Labute approximate surface area is 418 Å². The third-order valence-corrected chi connectivity index (χ3v) is 12.8. The van der Waals surface area contributed by atoms with Crippen molar-refractivity contribution in [2.45, 2.75) is 38.8 Å². The highest BCUT2D eigenvalue weighted by atomic mass is 16.5. The minimum atomic E-state index is -0.442. The van der Waals surface area contributed by atoms with Crippen LogP contribution in [0, 0.1) is 11.8 Å². The van der Waals surface area contributed by atoms with Gasteiger partial charge >= 0.3 is 0 Å². The molecule has 4 aromatic heterocycles. The summed E-state index contributed by atoms with van der Waals surface area (Å²) < 4.78 is 19.4. The van der Waals surface area contributed by atoms with Crippen molar-refractivity contribution in [2.24, 2.45) is 11.8 Å². The number of rotatable bonds is 15. The zero-order chi connectivity index (χ0) is 50.5. The maximum Gasteiger partial charge on any atom is 0.272 e. The summed E-state index contributed by atoms with van der Waals surface area (Å²) in [7, 11) is 1.48. The molecule has 73 heavy (non-hydrogen) atoms. The topological polar surface area (TPSA) is 251 Å². The number of ether oxygens (including phenoxy) is 3. The average Bonchev–Trinajstić information content (AvgIpc) is 4.16. The summed E-state index contributed by atoms with van der Waals surface area (Å²) in [6.45, 7) is 4.79. The van der Waals surface area contributed by atoms with Gasteiger partial charge in [-0.15, -0.1) is 10.2 Å². The molecule has 20 heteroatoms. The summed E-state index contributed by atoms with van der Waals surface area (Å²) in [5.74, 6) is -0.575. The van der Waals surface area contributed by atoms with Crippen LogP contribution in [0.1, 0.15) is 78.5 Å². The number of H-pyrrole nitrogens is 1. The van der Waals surface area contributed by atoms with Gasteiger partial charge in [0.25, 0.3) is 23.6 Å². The first-order chi connectivity index (χ1) is 35.7. The number of nitrogens with one attached hydrogen (secondary N) is 5. The molecule has 0 radical (unpaired) electrons. The highest BCUT2D eigenvalue weighted by Gasteiger charge is 2.23. The van der Waals surface area contributed by atoms with E-state index in [9.17, 15) is 24.0 Å². The number of pyridine rings is 2. The number of carbonyl (C=O) groups is 4. The molecule has 8 aromatic rings. The number of benzene rings is 4. The van der Waals surface area contributed by atoms with E-state index in [-0.39, 0.29) is 40.7 Å². The van der Waals surface area contributed by atoms with E-state index in [1.54, 1.807) is 58.4 Å². The standard InChI is InChI=1S/C27H28N6O4.C26H26N6O4/c1-36-24-9-8-23(25(31-24)27(35)28-16-18-10-14-37-15-11-18)30-26(34)22-7-6-19(17-33-13-12-29-32-33)20-4-2-3-5-21(20)22;33-23-8-7-22(24(30-23)26(35)27-15-17-9-13-36-14-10-17)29-25(34)21-6-5-18(16-32-12-11-28-31-32)19-3-1-2-4-20(19)21/h2-9,12-13,18H,10-11,14-17H2,1H3,(H,28,35)(H,30,34);1-8,11-12,17H,9-10,13-16H2,(H,27,35)(H,29,34)(H,30,33). The van der Waals surface area contributed by atoms with E-state index in [2.05, 4.69) is 51.9 Å². The number of anilines is 2. The molecule has 2 saturated heterocycles. The Hall–Kier alpha value is -8.62. The van der Waals surface area contributed by atoms with Crippen LogP contribution in [0.3, 0.4) is 0 Å². The van der Waals surface area contributed by atoms with Gasteiger partial charge in [-0.25, -0.2) is 14.3 Å². The molecule has 4 amide bonds. The minimum absolute atomic E-state index is 0.0232. The van der Waals surface area contributed by atoms with Crippen LogP contribution in [0.15, 0.2) is 127 Å². The number of nitrogens with zero attached hydrogens (tertiary/aromatic N) is 7. The Kier molecular flexibility index (Phi) is 15.9. The van der Waals surface area contributed by atoms with Crippen molar-refractivity contribution in [2.75, 3.05) is 57.3 Å². The lowest BCUT2D eigenvalue weighted by Crippen LogP contribution is -2.34. The first-order valence-electron chi connectivity index (χ1n) is 24.0. The molecule has 0 aliphatic carbocycles. The van der Waals surface area contributed by atoms with E-state index in [4.69, 9.17) is 14.2 Å². The maximum absolute atomic E-state index is 13.4. The zero-order valence-electron chi connectivity index (χ0n) is 40.1. The summed E-state index contributed by atoms with van der Waals surface area (Å²) in [4.78, 5) is 71.7. The summed E-state index contributed by atoms with van der Waals surface area (Å²) in [5, 5.41) is 30.7. The van der Waals surface area contributed by atoms with Crippen molar-refractivity contribution in [3.8, 4) is 5.88 Å². The molecule has 0 atom stereocenters. The Morgan fingerprint density at radius 2 is 1.10 bits per heavy atom. The fraction of sp³-hybridized carbons (Fsp3) is 0.283. The highest BCUT2D eigenvalue weighted by molar-refractivity contribution is 6.16. The van der Waals surface area contributed by atoms with Crippen LogP contribution in [0.2, 0.25) is 0 Å². The molecule has 0 saturated carbocycles. The van der Waals surface area contributed by atoms with Crippen molar-refractivity contribution in [3.63, 3.8) is 0 Å². The molecule has 2 aliphatic heterocycles. The van der Waals surface area contributed by atoms with Crippen molar-refractivity contribution < 1.29 is 33.4 Å². The monoisotopic (exact) mass is 986 g/mol. The number of hydrogen-bond acceptors (Lipinski definition) is 13. The lowest BCUT2D eigenvalue weighted by atomic mass is 9.99. The Balaban J connectivity index is 0.000000180. The van der Waals surface area contributed by atoms with Crippen LogP contribution >= 0.6 is 0 Å². The predicted molar refractivity (Wildman–Crippen MR) is 272 cm³/mol. The largest absolute Gasteiger partial charge is 0.481 e. The van der Waals surface area contributed by atoms with Gasteiger partial charge in [0.15, 0.2) is 5.69 Å². The summed E-state index contributed by atoms with van der Waals surface area (Å²) in [6.07, 6.45) is 10.4. The van der Waals surface area contributed by atoms with Crippen LogP contribution in [0.25, 0.3) is 21.5 Å². The average molecular weight is 987 g/mol. The molecule has 5 N–H and O–H groups in total. The fourth-order valence-corrected chi connectivity index (χ4v) is 8.89. The second-order valence-electron chi connectivity index (χ2n) is 17.6. The highest BCUT2D eigenvalue weighted by Crippen LogP contribution is 2.28. The summed E-state index contributed by atoms with van der Waals surface area (Å²) in [6, 6.07) is 28.6. The zero-order valence-corrected chi connectivity index (χ0v) is 40.1. The minimum Gasteiger partial charge on any atom is -0.481 e. The predicted octanol–water partition coefficient (Wildman–Crippen LogP) is 5.87. The van der Waals surface area contributed by atoms with E-state index < -0.39 is 11.5 Å². The molecule has 0 bridgehead atoms. The number of hydrogen-bond donors (Lipinski definition) is 5. The van der Waals surface area contributed by atoms with Gasteiger partial charge in [-0.1, -0.05) is 71.1 Å². The third-order valence-electron chi connectivity index (χ3n) is 12.8. The fourth-order valence-electron chi connectivity index (χ4n) is 8.89. The number of methoxy groups -OCH3 is 1. The van der Waals surface area contributed by atoms with Crippen LogP contribution in [-0.4, -0.2) is 110 Å². The summed E-state index contributed by atoms with van der Waals surface area (Å²) >= 11 is 0. The number of fused-ring (bicyclic) bond motifs is 2. The Morgan fingerprint density at radius 1 is 0.603 bits per heavy atom. The van der Waals surface area contributed by atoms with Gasteiger partial charge < -0.3 is 40.5 Å². The van der Waals surface area contributed by atoms with Crippen molar-refractivity contribution >= 4 is 56.5 Å². The van der Waals surface area contributed by atoms with Crippen molar-refractivity contribution in [1.82, 2.24) is 50.6 Å². The van der Waals surface area contributed by atoms with Crippen LogP contribution in [-0.2, 0) is 22.6 Å². The molecule has 6 heterocycles. The van der Waals surface area contributed by atoms with Crippen molar-refractivity contribution in [1.29, 1.82) is 0 Å². The van der Waals surface area contributed by atoms with Gasteiger partial charge in [-0.2, -0.15) is 0 Å². The van der Waals surface area contributed by atoms with Gasteiger partial charge in [-0.05, 0) is 94.5 Å². The van der Waals surface area contributed by atoms with Crippen LogP contribution in [0.4, 0.5) is 11.4 Å². The molecular weight excluding hydrogens is 933 g/mol. The second-order valence-corrected chi connectivity index (χ2v) is 17.6. The first kappa shape index (κ1) is 49.4. The molecule has 20 nitrogen and oxygen atoms in total. The molecule has 10 rings (SSSR count). The molecule has 4 aromatic carbocycles.